The van der Waals surface area contributed by atoms with Crippen molar-refractivity contribution in [2.24, 2.45) is 0 Å². The number of ether oxygens (including phenoxy) is 1. The summed E-state index contributed by atoms with van der Waals surface area (Å²) in [5.74, 6) is 0.566. The first-order chi connectivity index (χ1) is 10.1. The molecule has 0 aliphatic carbocycles. The molecule has 5 heteroatoms. The third kappa shape index (κ3) is 2.88. The molecule has 2 aromatic carbocycles. The second-order valence-corrected chi connectivity index (χ2v) is 5.81. The summed E-state index contributed by atoms with van der Waals surface area (Å²) in [5.41, 5.74) is 8.01. The molecule has 3 rings (SSSR count). The number of nitrogen functional groups attached to an aromatic ring is 1. The number of carbonyl (C=O) groups excluding carboxylic acids is 1. The van der Waals surface area contributed by atoms with E-state index in [1.165, 1.54) is 0 Å². The molecule has 0 bridgehead atoms. The van der Waals surface area contributed by atoms with E-state index in [-0.39, 0.29) is 11.8 Å². The molecule has 1 heterocycles. The van der Waals surface area contributed by atoms with Gasteiger partial charge in [-0.25, -0.2) is 0 Å². The van der Waals surface area contributed by atoms with Gasteiger partial charge >= 0.3 is 0 Å². The molecule has 0 saturated carbocycles. The van der Waals surface area contributed by atoms with Gasteiger partial charge in [0.05, 0.1) is 18.2 Å². The number of carbonyl (C=O) groups is 1. The minimum absolute atomic E-state index is 0.0313. The van der Waals surface area contributed by atoms with Crippen LogP contribution < -0.4 is 15.8 Å². The number of hydrogen-bond acceptors (Lipinski definition) is 3. The molecule has 0 fully saturated rings. The maximum Gasteiger partial charge on any atom is 0.232 e. The number of fused-ring (bicyclic) bond motifs is 1. The number of anilines is 2. The van der Waals surface area contributed by atoms with Gasteiger partial charge in [-0.3, -0.25) is 4.79 Å². The molecule has 0 saturated heterocycles. The van der Waals surface area contributed by atoms with E-state index in [0.717, 1.165) is 21.5 Å². The van der Waals surface area contributed by atoms with Crippen molar-refractivity contribution in [2.75, 3.05) is 17.7 Å². The number of benzene rings is 2. The van der Waals surface area contributed by atoms with Crippen molar-refractivity contribution in [3.8, 4) is 5.75 Å². The SMILES string of the molecule is Nc1ccc(NC(=O)C2CCOc3ccccc32)c(Br)c1. The van der Waals surface area contributed by atoms with E-state index in [9.17, 15) is 4.79 Å². The van der Waals surface area contributed by atoms with Crippen LogP contribution in [-0.2, 0) is 4.79 Å². The van der Waals surface area contributed by atoms with Crippen LogP contribution in [0.15, 0.2) is 46.9 Å². The van der Waals surface area contributed by atoms with Gasteiger partial charge in [0.2, 0.25) is 5.91 Å². The number of nitrogens with two attached hydrogens (primary N) is 1. The molecule has 0 radical (unpaired) electrons. The van der Waals surface area contributed by atoms with E-state index >= 15 is 0 Å². The van der Waals surface area contributed by atoms with Crippen LogP contribution in [0.1, 0.15) is 17.9 Å². The van der Waals surface area contributed by atoms with E-state index in [2.05, 4.69) is 21.2 Å². The Labute approximate surface area is 131 Å². The second-order valence-electron chi connectivity index (χ2n) is 4.96. The maximum atomic E-state index is 12.5. The van der Waals surface area contributed by atoms with E-state index in [0.29, 0.717) is 18.7 Å². The molecule has 2 aromatic rings. The van der Waals surface area contributed by atoms with Gasteiger partial charge in [-0.15, -0.1) is 0 Å². The molecule has 1 unspecified atom stereocenters. The molecular weight excluding hydrogens is 332 g/mol. The Balaban J connectivity index is 1.83. The lowest BCUT2D eigenvalue weighted by atomic mass is 9.92. The normalized spacial score (nSPS) is 16.7. The van der Waals surface area contributed by atoms with Crippen molar-refractivity contribution in [3.63, 3.8) is 0 Å². The van der Waals surface area contributed by atoms with Crippen LogP contribution >= 0.6 is 15.9 Å². The molecule has 1 aliphatic rings. The van der Waals surface area contributed by atoms with Gasteiger partial charge < -0.3 is 15.8 Å². The summed E-state index contributed by atoms with van der Waals surface area (Å²) in [6, 6.07) is 13.0. The van der Waals surface area contributed by atoms with Crippen LogP contribution in [0.4, 0.5) is 11.4 Å². The summed E-state index contributed by atoms with van der Waals surface area (Å²) in [4.78, 5) is 12.5. The molecule has 0 aromatic heterocycles. The first-order valence-corrected chi connectivity index (χ1v) is 7.52. The number of amides is 1. The fourth-order valence-corrected chi connectivity index (χ4v) is 2.96. The van der Waals surface area contributed by atoms with Crippen molar-refractivity contribution in [2.45, 2.75) is 12.3 Å². The van der Waals surface area contributed by atoms with E-state index in [4.69, 9.17) is 10.5 Å². The predicted octanol–water partition coefficient (Wildman–Crippen LogP) is 3.54. The van der Waals surface area contributed by atoms with Crippen LogP contribution in [0.5, 0.6) is 5.75 Å². The van der Waals surface area contributed by atoms with Crippen LogP contribution in [0.2, 0.25) is 0 Å². The maximum absolute atomic E-state index is 12.5. The summed E-state index contributed by atoms with van der Waals surface area (Å²) in [6.07, 6.45) is 0.676. The van der Waals surface area contributed by atoms with Gasteiger partial charge in [0, 0.05) is 15.7 Å². The van der Waals surface area contributed by atoms with Gasteiger partial charge in [0.15, 0.2) is 0 Å². The molecule has 21 heavy (non-hydrogen) atoms. The average Bonchev–Trinajstić information content (AvgIpc) is 2.49. The largest absolute Gasteiger partial charge is 0.493 e. The minimum Gasteiger partial charge on any atom is -0.493 e. The standard InChI is InChI=1S/C16H15BrN2O2/c17-13-9-10(18)5-6-14(13)19-16(20)12-7-8-21-15-4-2-1-3-11(12)15/h1-6,9,12H,7-8,18H2,(H,19,20). The Hall–Kier alpha value is -2.01. The number of halogens is 1. The zero-order valence-corrected chi connectivity index (χ0v) is 12.9. The molecule has 3 N–H and O–H groups in total. The predicted molar refractivity (Wildman–Crippen MR) is 86.5 cm³/mol. The highest BCUT2D eigenvalue weighted by Gasteiger charge is 2.27. The summed E-state index contributed by atoms with van der Waals surface area (Å²) < 4.78 is 6.36. The van der Waals surface area contributed by atoms with Crippen molar-refractivity contribution in [1.29, 1.82) is 0 Å². The molecular formula is C16H15BrN2O2. The fourth-order valence-electron chi connectivity index (χ4n) is 2.47. The minimum atomic E-state index is -0.195. The lowest BCUT2D eigenvalue weighted by Crippen LogP contribution is -2.26. The van der Waals surface area contributed by atoms with Gasteiger partial charge in [0.1, 0.15) is 5.75 Å². The molecule has 108 valence electrons. The number of nitrogens with one attached hydrogen (secondary N) is 1. The third-order valence-electron chi connectivity index (χ3n) is 3.53. The van der Waals surface area contributed by atoms with Crippen LogP contribution in [0.3, 0.4) is 0 Å². The summed E-state index contributed by atoms with van der Waals surface area (Å²) >= 11 is 3.41. The van der Waals surface area contributed by atoms with E-state index in [1.807, 2.05) is 24.3 Å². The molecule has 4 nitrogen and oxygen atoms in total. The smallest absolute Gasteiger partial charge is 0.232 e. The Morgan fingerprint density at radius 3 is 2.90 bits per heavy atom. The average molecular weight is 347 g/mol. The van der Waals surface area contributed by atoms with Crippen molar-refractivity contribution < 1.29 is 9.53 Å². The Morgan fingerprint density at radius 1 is 1.29 bits per heavy atom. The molecule has 0 spiro atoms. The summed E-state index contributed by atoms with van der Waals surface area (Å²) in [7, 11) is 0. The summed E-state index contributed by atoms with van der Waals surface area (Å²) in [5, 5.41) is 2.95. The number of hydrogen-bond donors (Lipinski definition) is 2. The lowest BCUT2D eigenvalue weighted by molar-refractivity contribution is -0.118. The van der Waals surface area contributed by atoms with Gasteiger partial charge in [-0.1, -0.05) is 18.2 Å². The van der Waals surface area contributed by atoms with E-state index in [1.54, 1.807) is 18.2 Å². The topological polar surface area (TPSA) is 64.3 Å². The van der Waals surface area contributed by atoms with Gasteiger partial charge in [0.25, 0.3) is 0 Å². The van der Waals surface area contributed by atoms with Gasteiger partial charge in [-0.05, 0) is 46.6 Å². The number of rotatable bonds is 2. The van der Waals surface area contributed by atoms with Crippen LogP contribution in [0.25, 0.3) is 0 Å². The highest BCUT2D eigenvalue weighted by Crippen LogP contribution is 2.35. The number of para-hydroxylation sites is 1. The van der Waals surface area contributed by atoms with Crippen LogP contribution in [0, 0.1) is 0 Å². The summed E-state index contributed by atoms with van der Waals surface area (Å²) in [6.45, 7) is 0.554. The van der Waals surface area contributed by atoms with Crippen molar-refractivity contribution >= 4 is 33.2 Å². The zero-order valence-electron chi connectivity index (χ0n) is 11.3. The lowest BCUT2D eigenvalue weighted by Gasteiger charge is -2.25. The Morgan fingerprint density at radius 2 is 2.10 bits per heavy atom. The fraction of sp³-hybridized carbons (Fsp3) is 0.188. The van der Waals surface area contributed by atoms with Crippen LogP contribution in [-0.4, -0.2) is 12.5 Å². The molecule has 1 atom stereocenters. The monoisotopic (exact) mass is 346 g/mol. The van der Waals surface area contributed by atoms with E-state index < -0.39 is 0 Å². The third-order valence-corrected chi connectivity index (χ3v) is 4.18. The molecule has 1 aliphatic heterocycles. The van der Waals surface area contributed by atoms with Crippen molar-refractivity contribution in [3.05, 3.63) is 52.5 Å². The second kappa shape index (κ2) is 5.77. The quantitative estimate of drug-likeness (QED) is 0.817. The Kier molecular flexibility index (Phi) is 3.84. The first-order valence-electron chi connectivity index (χ1n) is 6.73. The van der Waals surface area contributed by atoms with Crippen molar-refractivity contribution in [1.82, 2.24) is 0 Å². The highest BCUT2D eigenvalue weighted by molar-refractivity contribution is 9.10. The Bertz CT molecular complexity index is 688. The first kappa shape index (κ1) is 13.9. The zero-order chi connectivity index (χ0) is 14.8. The highest BCUT2D eigenvalue weighted by atomic mass is 79.9. The molecule has 1 amide bonds. The van der Waals surface area contributed by atoms with Gasteiger partial charge in [-0.2, -0.15) is 0 Å².